The minimum Gasteiger partial charge on any atom is -0.444 e. The van der Waals surface area contributed by atoms with Crippen LogP contribution in [0.1, 0.15) is 33.8 Å². The highest BCUT2D eigenvalue weighted by molar-refractivity contribution is 14.1. The van der Waals surface area contributed by atoms with Gasteiger partial charge in [-0.3, -0.25) is 9.59 Å². The largest absolute Gasteiger partial charge is 0.444 e. The van der Waals surface area contributed by atoms with E-state index < -0.39 is 30.2 Å². The summed E-state index contributed by atoms with van der Waals surface area (Å²) in [5, 5.41) is 3.73. The Hall–Kier alpha value is -2.48. The molecule has 3 heterocycles. The summed E-state index contributed by atoms with van der Waals surface area (Å²) in [7, 11) is 0. The maximum absolute atomic E-state index is 14.2. The minimum absolute atomic E-state index is 0.0742. The first-order valence-electron chi connectivity index (χ1n) is 10.2. The number of rotatable bonds is 6. The summed E-state index contributed by atoms with van der Waals surface area (Å²) >= 11 is 2.79. The first kappa shape index (κ1) is 24.6. The number of alkyl halides is 4. The predicted octanol–water partition coefficient (Wildman–Crippen LogP) is 5.29. The molecule has 0 spiro atoms. The lowest BCUT2D eigenvalue weighted by atomic mass is 10.1. The monoisotopic (exact) mass is 607 g/mol. The predicted molar refractivity (Wildman–Crippen MR) is 125 cm³/mol. The maximum atomic E-state index is 14.2. The molecule has 0 aliphatic carbocycles. The standard InChI is InChI=1S/C22H18F4IN3O3S/c23-21(24)6-2-7-30(12-21)19(31)16-11-33-18(29-16)13-4-5-14(15(27)9-13)10-28-20(32)22(25,26)17-3-1-8-34-17/h1,3-5,8-9,11H,2,6-7,10,12H2,(H,28,32). The van der Waals surface area contributed by atoms with Gasteiger partial charge in [-0.1, -0.05) is 12.1 Å². The van der Waals surface area contributed by atoms with Gasteiger partial charge in [-0.25, -0.2) is 13.8 Å². The second kappa shape index (κ2) is 9.64. The first-order chi connectivity index (χ1) is 16.1. The summed E-state index contributed by atoms with van der Waals surface area (Å²) in [5.74, 6) is -8.46. The third-order valence-electron chi connectivity index (χ3n) is 5.26. The lowest BCUT2D eigenvalue weighted by Gasteiger charge is -2.31. The molecule has 1 fully saturated rings. The number of nitrogens with zero attached hydrogens (tertiary/aromatic N) is 2. The summed E-state index contributed by atoms with van der Waals surface area (Å²) in [6.45, 7) is -0.546. The first-order valence-corrected chi connectivity index (χ1v) is 12.1. The zero-order valence-electron chi connectivity index (χ0n) is 17.5. The van der Waals surface area contributed by atoms with Crippen molar-refractivity contribution in [2.45, 2.75) is 31.2 Å². The number of aromatic nitrogens is 1. The molecule has 1 saturated heterocycles. The Morgan fingerprint density at radius 3 is 2.76 bits per heavy atom. The quantitative estimate of drug-likeness (QED) is 0.306. The van der Waals surface area contributed by atoms with Gasteiger partial charge in [0, 0.05) is 28.6 Å². The molecule has 1 aliphatic rings. The lowest BCUT2D eigenvalue weighted by molar-refractivity contribution is -0.146. The number of amides is 2. The van der Waals surface area contributed by atoms with Crippen molar-refractivity contribution < 1.29 is 31.6 Å². The Bertz CT molecular complexity index is 1200. The van der Waals surface area contributed by atoms with Gasteiger partial charge in [-0.15, -0.1) is 11.3 Å². The summed E-state index contributed by atoms with van der Waals surface area (Å²) in [6, 6.07) is 7.55. The third kappa shape index (κ3) is 5.27. The van der Waals surface area contributed by atoms with E-state index in [1.807, 2.05) is 22.6 Å². The lowest BCUT2D eigenvalue weighted by Crippen LogP contribution is -2.45. The third-order valence-corrected chi connectivity index (χ3v) is 7.20. The Balaban J connectivity index is 1.42. The van der Waals surface area contributed by atoms with Crippen molar-refractivity contribution >= 4 is 45.7 Å². The topological polar surface area (TPSA) is 75.4 Å². The van der Waals surface area contributed by atoms with Gasteiger partial charge in [0.25, 0.3) is 17.7 Å². The van der Waals surface area contributed by atoms with Gasteiger partial charge in [0.15, 0.2) is 5.69 Å². The molecule has 0 atom stereocenters. The van der Waals surface area contributed by atoms with Crippen LogP contribution in [0.5, 0.6) is 0 Å². The van der Waals surface area contributed by atoms with Crippen LogP contribution in [-0.4, -0.2) is 40.7 Å². The van der Waals surface area contributed by atoms with Gasteiger partial charge >= 0.3 is 5.92 Å². The molecule has 4 rings (SSSR count). The van der Waals surface area contributed by atoms with Crippen LogP contribution in [0.2, 0.25) is 0 Å². The number of benzene rings is 1. The molecular weight excluding hydrogens is 589 g/mol. The molecule has 6 nitrogen and oxygen atoms in total. The average molecular weight is 607 g/mol. The van der Waals surface area contributed by atoms with Crippen molar-refractivity contribution in [1.82, 2.24) is 15.2 Å². The number of thiophene rings is 1. The molecule has 1 aliphatic heterocycles. The molecule has 1 N–H and O–H groups in total. The number of hydrogen-bond acceptors (Lipinski definition) is 5. The van der Waals surface area contributed by atoms with E-state index in [2.05, 4.69) is 10.3 Å². The normalized spacial score (nSPS) is 15.9. The van der Waals surface area contributed by atoms with Crippen LogP contribution >= 0.6 is 33.9 Å². The van der Waals surface area contributed by atoms with Crippen LogP contribution in [0.3, 0.4) is 0 Å². The van der Waals surface area contributed by atoms with Crippen molar-refractivity contribution in [2.75, 3.05) is 13.1 Å². The molecule has 2 amide bonds. The molecule has 34 heavy (non-hydrogen) atoms. The fourth-order valence-corrected chi connectivity index (χ4v) is 4.89. The fraction of sp³-hybridized carbons (Fsp3) is 0.318. The number of hydrogen-bond donors (Lipinski definition) is 1. The van der Waals surface area contributed by atoms with E-state index in [-0.39, 0.29) is 42.4 Å². The van der Waals surface area contributed by atoms with E-state index in [9.17, 15) is 27.2 Å². The Morgan fingerprint density at radius 2 is 2.09 bits per heavy atom. The number of carbonyl (C=O) groups excluding carboxylic acids is 2. The number of halogens is 5. The van der Waals surface area contributed by atoms with Crippen LogP contribution in [0.15, 0.2) is 46.4 Å². The molecule has 3 aromatic rings. The fourth-order valence-electron chi connectivity index (χ4n) is 3.49. The van der Waals surface area contributed by atoms with Crippen molar-refractivity contribution in [1.29, 1.82) is 0 Å². The number of nitrogens with one attached hydrogen (secondary N) is 1. The molecule has 2 aromatic heterocycles. The number of oxazole rings is 1. The number of carbonyl (C=O) groups is 2. The molecule has 1 aromatic carbocycles. The zero-order chi connectivity index (χ0) is 24.5. The smallest absolute Gasteiger partial charge is 0.358 e. The van der Waals surface area contributed by atoms with E-state index in [0.29, 0.717) is 14.7 Å². The average Bonchev–Trinajstić information content (AvgIpc) is 3.49. The van der Waals surface area contributed by atoms with Crippen LogP contribution in [0.25, 0.3) is 11.5 Å². The van der Waals surface area contributed by atoms with Crippen LogP contribution in [0.4, 0.5) is 17.6 Å². The zero-order valence-corrected chi connectivity index (χ0v) is 20.5. The van der Waals surface area contributed by atoms with E-state index in [0.717, 1.165) is 22.5 Å². The minimum atomic E-state index is -3.63. The maximum Gasteiger partial charge on any atom is 0.358 e. The molecule has 0 bridgehead atoms. The molecule has 180 valence electrons. The van der Waals surface area contributed by atoms with Crippen LogP contribution < -0.4 is 5.32 Å². The summed E-state index contributed by atoms with van der Waals surface area (Å²) in [4.78, 5) is 29.4. The van der Waals surface area contributed by atoms with Crippen molar-refractivity contribution in [3.63, 3.8) is 0 Å². The summed E-state index contributed by atoms with van der Waals surface area (Å²) in [5.41, 5.74) is 1.03. The van der Waals surface area contributed by atoms with Gasteiger partial charge in [0.2, 0.25) is 5.89 Å². The molecule has 12 heteroatoms. The van der Waals surface area contributed by atoms with Gasteiger partial charge in [-0.05, 0) is 58.2 Å². The van der Waals surface area contributed by atoms with Crippen molar-refractivity contribution in [3.8, 4) is 11.5 Å². The van der Waals surface area contributed by atoms with Crippen molar-refractivity contribution in [3.05, 3.63) is 61.7 Å². The molecular formula is C22H18F4IN3O3S. The highest BCUT2D eigenvalue weighted by atomic mass is 127. The van der Waals surface area contributed by atoms with E-state index in [1.54, 1.807) is 18.2 Å². The van der Waals surface area contributed by atoms with E-state index in [1.165, 1.54) is 17.5 Å². The molecule has 0 unspecified atom stereocenters. The van der Waals surface area contributed by atoms with Gasteiger partial charge < -0.3 is 14.6 Å². The highest BCUT2D eigenvalue weighted by Gasteiger charge is 2.41. The van der Waals surface area contributed by atoms with Crippen LogP contribution in [-0.2, 0) is 17.3 Å². The summed E-state index contributed by atoms with van der Waals surface area (Å²) in [6.07, 6.45) is 1.08. The van der Waals surface area contributed by atoms with Gasteiger partial charge in [0.1, 0.15) is 6.26 Å². The number of piperidine rings is 1. The second-order valence-corrected chi connectivity index (χ2v) is 9.87. The van der Waals surface area contributed by atoms with Crippen LogP contribution in [0, 0.1) is 3.57 Å². The Morgan fingerprint density at radius 1 is 1.29 bits per heavy atom. The van der Waals surface area contributed by atoms with E-state index >= 15 is 0 Å². The second-order valence-electron chi connectivity index (χ2n) is 7.76. The Labute approximate surface area is 209 Å². The highest BCUT2D eigenvalue weighted by Crippen LogP contribution is 2.32. The van der Waals surface area contributed by atoms with E-state index in [4.69, 9.17) is 4.42 Å². The van der Waals surface area contributed by atoms with Crippen molar-refractivity contribution in [2.24, 2.45) is 0 Å². The SMILES string of the molecule is O=C(c1coc(-c2ccc(CNC(=O)C(F)(F)c3cccs3)c(I)c2)n1)N1CCCC(F)(F)C1. The molecule has 0 saturated carbocycles. The van der Waals surface area contributed by atoms with Gasteiger partial charge in [0.05, 0.1) is 11.4 Å². The summed E-state index contributed by atoms with van der Waals surface area (Å²) < 4.78 is 61.7. The molecule has 0 radical (unpaired) electrons. The van der Waals surface area contributed by atoms with Gasteiger partial charge in [-0.2, -0.15) is 8.78 Å². The number of likely N-dealkylation sites (tertiary alicyclic amines) is 1. The Kier molecular flexibility index (Phi) is 6.99.